The van der Waals surface area contributed by atoms with Crippen LogP contribution in [0, 0.1) is 0 Å². The van der Waals surface area contributed by atoms with E-state index in [0.717, 1.165) is 11.1 Å². The van der Waals surface area contributed by atoms with E-state index in [0.29, 0.717) is 10.0 Å². The van der Waals surface area contributed by atoms with Crippen molar-refractivity contribution in [1.82, 2.24) is 4.98 Å². The van der Waals surface area contributed by atoms with Crippen LogP contribution in [0.4, 0.5) is 5.00 Å². The van der Waals surface area contributed by atoms with Gasteiger partial charge in [0.25, 0.3) is 5.91 Å². The van der Waals surface area contributed by atoms with E-state index in [4.69, 9.17) is 16.6 Å². The standard InChI is InChI=1S/C13H15N3O2S/c1-7(6-17)8-2-4-9(5-3-8)13-16-10(11(14)18)12(15)19-13/h2-5,7,17H,6,15H2,1H3,(H2,14,18). The van der Waals surface area contributed by atoms with Crippen molar-refractivity contribution < 1.29 is 9.90 Å². The number of aliphatic hydroxyl groups is 1. The molecule has 5 nitrogen and oxygen atoms in total. The van der Waals surface area contributed by atoms with Crippen LogP contribution < -0.4 is 11.5 Å². The quantitative estimate of drug-likeness (QED) is 0.789. The van der Waals surface area contributed by atoms with E-state index >= 15 is 0 Å². The lowest BCUT2D eigenvalue weighted by Crippen LogP contribution is -2.13. The van der Waals surface area contributed by atoms with Crippen LogP contribution in [-0.2, 0) is 0 Å². The Morgan fingerprint density at radius 2 is 2.05 bits per heavy atom. The van der Waals surface area contributed by atoms with Gasteiger partial charge in [-0.15, -0.1) is 0 Å². The first kappa shape index (κ1) is 13.5. The number of thiazole rings is 1. The molecule has 100 valence electrons. The van der Waals surface area contributed by atoms with E-state index in [2.05, 4.69) is 4.98 Å². The van der Waals surface area contributed by atoms with E-state index in [-0.39, 0.29) is 18.2 Å². The van der Waals surface area contributed by atoms with Crippen LogP contribution in [0.25, 0.3) is 10.6 Å². The zero-order valence-electron chi connectivity index (χ0n) is 10.5. The third-order valence-corrected chi connectivity index (χ3v) is 3.82. The molecule has 1 aromatic heterocycles. The number of carbonyl (C=O) groups excluding carboxylic acids is 1. The number of benzene rings is 1. The van der Waals surface area contributed by atoms with E-state index in [1.165, 1.54) is 11.3 Å². The minimum Gasteiger partial charge on any atom is -0.396 e. The normalized spacial score (nSPS) is 12.3. The molecule has 2 aromatic rings. The molecule has 0 saturated heterocycles. The smallest absolute Gasteiger partial charge is 0.270 e. The number of carbonyl (C=O) groups is 1. The van der Waals surface area contributed by atoms with Gasteiger partial charge in [-0.05, 0) is 5.56 Å². The van der Waals surface area contributed by atoms with Gasteiger partial charge in [-0.1, -0.05) is 42.5 Å². The van der Waals surface area contributed by atoms with Crippen molar-refractivity contribution in [1.29, 1.82) is 0 Å². The van der Waals surface area contributed by atoms with Crippen LogP contribution in [-0.4, -0.2) is 22.6 Å². The highest BCUT2D eigenvalue weighted by Gasteiger charge is 2.14. The molecule has 0 spiro atoms. The van der Waals surface area contributed by atoms with Gasteiger partial charge in [-0.25, -0.2) is 4.98 Å². The van der Waals surface area contributed by atoms with E-state index < -0.39 is 5.91 Å². The number of hydrogen-bond donors (Lipinski definition) is 3. The van der Waals surface area contributed by atoms with Gasteiger partial charge in [0, 0.05) is 18.1 Å². The molecule has 1 aromatic carbocycles. The summed E-state index contributed by atoms with van der Waals surface area (Å²) < 4.78 is 0. The fraction of sp³-hybridized carbons (Fsp3) is 0.231. The second-order valence-corrected chi connectivity index (χ2v) is 5.33. The SMILES string of the molecule is CC(CO)c1ccc(-c2nc(C(N)=O)c(N)s2)cc1. The van der Waals surface area contributed by atoms with Gasteiger partial charge >= 0.3 is 0 Å². The molecule has 1 unspecified atom stereocenters. The highest BCUT2D eigenvalue weighted by molar-refractivity contribution is 7.19. The second-order valence-electron chi connectivity index (χ2n) is 4.30. The number of primary amides is 1. The van der Waals surface area contributed by atoms with Crippen molar-refractivity contribution in [2.75, 3.05) is 12.3 Å². The van der Waals surface area contributed by atoms with E-state index in [1.807, 2.05) is 31.2 Å². The second kappa shape index (κ2) is 5.38. The van der Waals surface area contributed by atoms with Gasteiger partial charge in [-0.3, -0.25) is 4.79 Å². The Kier molecular flexibility index (Phi) is 3.82. The molecular weight excluding hydrogens is 262 g/mol. The lowest BCUT2D eigenvalue weighted by atomic mass is 10.0. The van der Waals surface area contributed by atoms with Crippen LogP contribution in [0.2, 0.25) is 0 Å². The largest absolute Gasteiger partial charge is 0.396 e. The maximum Gasteiger partial charge on any atom is 0.270 e. The van der Waals surface area contributed by atoms with Gasteiger partial charge < -0.3 is 16.6 Å². The van der Waals surface area contributed by atoms with Crippen molar-refractivity contribution in [3.8, 4) is 10.6 Å². The topological polar surface area (TPSA) is 102 Å². The summed E-state index contributed by atoms with van der Waals surface area (Å²) in [6.45, 7) is 2.05. The van der Waals surface area contributed by atoms with Crippen molar-refractivity contribution in [3.63, 3.8) is 0 Å². The van der Waals surface area contributed by atoms with Crippen molar-refractivity contribution >= 4 is 22.2 Å². The molecule has 5 N–H and O–H groups in total. The van der Waals surface area contributed by atoms with Gasteiger partial charge in [0.15, 0.2) is 5.69 Å². The number of rotatable bonds is 4. The first-order valence-corrected chi connectivity index (χ1v) is 6.62. The minimum atomic E-state index is -0.620. The Morgan fingerprint density at radius 1 is 1.42 bits per heavy atom. The fourth-order valence-electron chi connectivity index (χ4n) is 1.69. The molecule has 0 radical (unpaired) electrons. The molecular formula is C13H15N3O2S. The number of nitrogen functional groups attached to an aromatic ring is 1. The van der Waals surface area contributed by atoms with Crippen LogP contribution in [0.1, 0.15) is 28.9 Å². The monoisotopic (exact) mass is 277 g/mol. The Morgan fingerprint density at radius 3 is 2.53 bits per heavy atom. The number of hydrogen-bond acceptors (Lipinski definition) is 5. The summed E-state index contributed by atoms with van der Waals surface area (Å²) in [6, 6.07) is 7.64. The Bertz CT molecular complexity index is 592. The molecule has 1 heterocycles. The summed E-state index contributed by atoms with van der Waals surface area (Å²) in [5.74, 6) is -0.526. The number of aromatic nitrogens is 1. The molecule has 0 aliphatic carbocycles. The molecule has 0 bridgehead atoms. The van der Waals surface area contributed by atoms with Crippen LogP contribution in [0.3, 0.4) is 0 Å². The van der Waals surface area contributed by atoms with Crippen molar-refractivity contribution in [2.45, 2.75) is 12.8 Å². The number of aliphatic hydroxyl groups excluding tert-OH is 1. The third kappa shape index (κ3) is 2.74. The maximum atomic E-state index is 11.1. The Hall–Kier alpha value is -1.92. The summed E-state index contributed by atoms with van der Waals surface area (Å²) in [4.78, 5) is 15.3. The summed E-state index contributed by atoms with van der Waals surface area (Å²) in [5, 5.41) is 10.1. The number of nitrogens with two attached hydrogens (primary N) is 2. The number of amides is 1. The Labute approximate surface area is 114 Å². The summed E-state index contributed by atoms with van der Waals surface area (Å²) in [7, 11) is 0. The summed E-state index contributed by atoms with van der Waals surface area (Å²) in [6.07, 6.45) is 0. The van der Waals surface area contributed by atoms with E-state index in [9.17, 15) is 4.79 Å². The zero-order valence-corrected chi connectivity index (χ0v) is 11.3. The minimum absolute atomic E-state index is 0.0941. The predicted molar refractivity (Wildman–Crippen MR) is 76.0 cm³/mol. The van der Waals surface area contributed by atoms with Gasteiger partial charge in [0.05, 0.1) is 0 Å². The lowest BCUT2D eigenvalue weighted by Gasteiger charge is -2.08. The van der Waals surface area contributed by atoms with Crippen LogP contribution >= 0.6 is 11.3 Å². The molecule has 1 atom stereocenters. The highest BCUT2D eigenvalue weighted by atomic mass is 32.1. The van der Waals surface area contributed by atoms with Gasteiger partial charge in [0.2, 0.25) is 0 Å². The van der Waals surface area contributed by atoms with Crippen LogP contribution in [0.15, 0.2) is 24.3 Å². The molecule has 2 rings (SSSR count). The molecule has 6 heteroatoms. The highest BCUT2D eigenvalue weighted by Crippen LogP contribution is 2.30. The van der Waals surface area contributed by atoms with Crippen molar-refractivity contribution in [2.24, 2.45) is 5.73 Å². The third-order valence-electron chi connectivity index (χ3n) is 2.89. The summed E-state index contributed by atoms with van der Waals surface area (Å²) >= 11 is 1.23. The average Bonchev–Trinajstić information content (AvgIpc) is 2.80. The molecule has 0 saturated carbocycles. The van der Waals surface area contributed by atoms with Gasteiger partial charge in [-0.2, -0.15) is 0 Å². The number of anilines is 1. The molecule has 1 amide bonds. The van der Waals surface area contributed by atoms with Gasteiger partial charge in [0.1, 0.15) is 10.0 Å². The predicted octanol–water partition coefficient (Wildman–Crippen LogP) is 1.59. The molecule has 0 aliphatic heterocycles. The maximum absolute atomic E-state index is 11.1. The van der Waals surface area contributed by atoms with Crippen LogP contribution in [0.5, 0.6) is 0 Å². The Balaban J connectivity index is 2.32. The molecule has 19 heavy (non-hydrogen) atoms. The first-order chi connectivity index (χ1) is 9.02. The average molecular weight is 277 g/mol. The van der Waals surface area contributed by atoms with E-state index in [1.54, 1.807) is 0 Å². The summed E-state index contributed by atoms with van der Waals surface area (Å²) in [5.41, 5.74) is 12.9. The first-order valence-electron chi connectivity index (χ1n) is 5.80. The lowest BCUT2D eigenvalue weighted by molar-refractivity contribution is 0.0997. The molecule has 0 fully saturated rings. The van der Waals surface area contributed by atoms with Crippen molar-refractivity contribution in [3.05, 3.63) is 35.5 Å². The zero-order chi connectivity index (χ0) is 14.0. The molecule has 0 aliphatic rings. The number of nitrogens with zero attached hydrogens (tertiary/aromatic N) is 1. The fourth-order valence-corrected chi connectivity index (χ4v) is 2.53.